The fourth-order valence-corrected chi connectivity index (χ4v) is 4.46. The van der Waals surface area contributed by atoms with E-state index in [1.165, 1.54) is 16.8 Å². The highest BCUT2D eigenvalue weighted by Gasteiger charge is 2.34. The maximum absolute atomic E-state index is 13.1. The molecule has 1 aliphatic heterocycles. The number of hydrazone groups is 1. The Kier molecular flexibility index (Phi) is 5.44. The summed E-state index contributed by atoms with van der Waals surface area (Å²) in [6, 6.07) is 12.7. The number of aromatic nitrogens is 4. The third-order valence-electron chi connectivity index (χ3n) is 5.14. The highest BCUT2D eigenvalue weighted by Crippen LogP contribution is 2.34. The van der Waals surface area contributed by atoms with Gasteiger partial charge in [0.2, 0.25) is 5.16 Å². The topological polar surface area (TPSA) is 88.9 Å². The maximum Gasteiger partial charge on any atom is 0.253 e. The molecule has 4 aromatic rings. The number of halogens is 1. The average Bonchev–Trinajstić information content (AvgIpc) is 3.51. The van der Waals surface area contributed by atoms with Gasteiger partial charge >= 0.3 is 0 Å². The van der Waals surface area contributed by atoms with Crippen molar-refractivity contribution in [2.45, 2.75) is 31.5 Å². The second-order valence-corrected chi connectivity index (χ2v) is 8.84. The minimum Gasteiger partial charge on any atom is -0.467 e. The number of amides is 1. The molecule has 0 bridgehead atoms. The third-order valence-corrected chi connectivity index (χ3v) is 6.21. The minimum absolute atomic E-state index is 0.142. The van der Waals surface area contributed by atoms with E-state index in [1.54, 1.807) is 10.8 Å². The van der Waals surface area contributed by atoms with E-state index in [4.69, 9.17) is 16.0 Å². The molecule has 162 valence electrons. The smallest absolute Gasteiger partial charge is 0.253 e. The van der Waals surface area contributed by atoms with Gasteiger partial charge in [0.25, 0.3) is 11.7 Å². The summed E-state index contributed by atoms with van der Waals surface area (Å²) in [5.74, 6) is 1.20. The summed E-state index contributed by atoms with van der Waals surface area (Å²) in [6.07, 6.45) is 2.16. The molecule has 0 saturated heterocycles. The van der Waals surface area contributed by atoms with Gasteiger partial charge in [-0.1, -0.05) is 35.5 Å². The number of hydrogen-bond acceptors (Lipinski definition) is 7. The van der Waals surface area contributed by atoms with E-state index in [0.717, 1.165) is 22.7 Å². The van der Waals surface area contributed by atoms with Crippen LogP contribution >= 0.6 is 23.4 Å². The molecule has 1 aliphatic rings. The summed E-state index contributed by atoms with van der Waals surface area (Å²) in [6.45, 7) is 3.86. The van der Waals surface area contributed by atoms with Crippen LogP contribution in [0.3, 0.4) is 0 Å². The van der Waals surface area contributed by atoms with Gasteiger partial charge in [-0.3, -0.25) is 4.79 Å². The van der Waals surface area contributed by atoms with Crippen LogP contribution in [0.1, 0.15) is 35.2 Å². The number of hydrogen-bond donors (Lipinski definition) is 0. The van der Waals surface area contributed by atoms with Crippen LogP contribution in [-0.2, 0) is 4.79 Å². The average molecular weight is 467 g/mol. The molecule has 0 N–H and O–H groups in total. The molecule has 5 rings (SSSR count). The minimum atomic E-state index is -0.302. The molecule has 32 heavy (non-hydrogen) atoms. The number of rotatable bonds is 5. The van der Waals surface area contributed by atoms with Crippen LogP contribution in [0.15, 0.2) is 63.4 Å². The van der Waals surface area contributed by atoms with Crippen LogP contribution in [0.2, 0.25) is 5.02 Å². The molecule has 4 heterocycles. The zero-order valence-electron chi connectivity index (χ0n) is 17.4. The number of nitrogens with zero attached hydrogens (tertiary/aromatic N) is 6. The second kappa shape index (κ2) is 8.40. The first-order valence-electron chi connectivity index (χ1n) is 10.0. The molecule has 1 unspecified atom stereocenters. The van der Waals surface area contributed by atoms with Crippen LogP contribution < -0.4 is 0 Å². The number of carbonyl (C=O) groups excluding carboxylic acids is 1. The number of furan rings is 1. The molecular weight excluding hydrogens is 448 g/mol. The van der Waals surface area contributed by atoms with Crippen molar-refractivity contribution in [3.63, 3.8) is 0 Å². The summed E-state index contributed by atoms with van der Waals surface area (Å²) in [5, 5.41) is 11.7. The highest BCUT2D eigenvalue weighted by atomic mass is 35.5. The Morgan fingerprint density at radius 2 is 2.03 bits per heavy atom. The fraction of sp³-hybridized carbons (Fsp3) is 0.227. The first-order chi connectivity index (χ1) is 15.5. The maximum atomic E-state index is 13.1. The number of carbonyl (C=O) groups is 1. The first-order valence-corrected chi connectivity index (χ1v) is 11.4. The van der Waals surface area contributed by atoms with Crippen LogP contribution in [-0.4, -0.2) is 42.0 Å². The Morgan fingerprint density at radius 1 is 1.22 bits per heavy atom. The highest BCUT2D eigenvalue weighted by molar-refractivity contribution is 7.99. The summed E-state index contributed by atoms with van der Waals surface area (Å²) in [7, 11) is 0. The SMILES string of the molecule is Cc1cc(C)n2nc(SCC(=O)N3N=C(c4ccc(Cl)cc4)CC3c3ccco3)nc2n1. The molecule has 0 fully saturated rings. The Labute approximate surface area is 193 Å². The quantitative estimate of drug-likeness (QED) is 0.403. The lowest BCUT2D eigenvalue weighted by Gasteiger charge is -2.19. The summed E-state index contributed by atoms with van der Waals surface area (Å²) in [4.78, 5) is 22.0. The predicted molar refractivity (Wildman–Crippen MR) is 122 cm³/mol. The normalized spacial score (nSPS) is 16.0. The third kappa shape index (κ3) is 4.01. The molecule has 0 saturated carbocycles. The van der Waals surface area contributed by atoms with E-state index >= 15 is 0 Å². The molecule has 0 radical (unpaired) electrons. The van der Waals surface area contributed by atoms with Crippen molar-refractivity contribution in [2.75, 3.05) is 5.75 Å². The Balaban J connectivity index is 1.37. The molecule has 1 aromatic carbocycles. The van der Waals surface area contributed by atoms with Crippen molar-refractivity contribution in [3.8, 4) is 0 Å². The van der Waals surface area contributed by atoms with Crippen molar-refractivity contribution < 1.29 is 9.21 Å². The monoisotopic (exact) mass is 466 g/mol. The van der Waals surface area contributed by atoms with E-state index < -0.39 is 0 Å². The van der Waals surface area contributed by atoms with Crippen LogP contribution in [0.25, 0.3) is 5.78 Å². The molecule has 8 nitrogen and oxygen atoms in total. The van der Waals surface area contributed by atoms with Crippen LogP contribution in [0.5, 0.6) is 0 Å². The zero-order valence-corrected chi connectivity index (χ0v) is 19.0. The lowest BCUT2D eigenvalue weighted by molar-refractivity contribution is -0.130. The number of thioether (sulfide) groups is 1. The molecule has 1 atom stereocenters. The Morgan fingerprint density at radius 3 is 2.78 bits per heavy atom. The van der Waals surface area contributed by atoms with Gasteiger partial charge in [-0.2, -0.15) is 10.1 Å². The van der Waals surface area contributed by atoms with E-state index in [0.29, 0.717) is 28.1 Å². The van der Waals surface area contributed by atoms with Gasteiger partial charge in [-0.15, -0.1) is 5.10 Å². The van der Waals surface area contributed by atoms with Gasteiger partial charge < -0.3 is 4.42 Å². The van der Waals surface area contributed by atoms with Crippen LogP contribution in [0.4, 0.5) is 0 Å². The molecular formula is C22H19ClN6O2S. The number of fused-ring (bicyclic) bond motifs is 1. The predicted octanol–water partition coefficient (Wildman–Crippen LogP) is 4.46. The van der Waals surface area contributed by atoms with Crippen molar-refractivity contribution >= 4 is 40.8 Å². The molecule has 10 heteroatoms. The van der Waals surface area contributed by atoms with Crippen molar-refractivity contribution in [3.05, 3.63) is 76.5 Å². The van der Waals surface area contributed by atoms with Crippen molar-refractivity contribution in [2.24, 2.45) is 5.10 Å². The van der Waals surface area contributed by atoms with Crippen LogP contribution in [0, 0.1) is 13.8 Å². The fourth-order valence-electron chi connectivity index (χ4n) is 3.66. The van der Waals surface area contributed by atoms with Gasteiger partial charge in [0.05, 0.1) is 17.7 Å². The number of benzene rings is 1. The molecule has 0 spiro atoms. The van der Waals surface area contributed by atoms with Gasteiger partial charge in [0, 0.05) is 22.8 Å². The largest absolute Gasteiger partial charge is 0.467 e. The first kappa shape index (κ1) is 20.7. The van der Waals surface area contributed by atoms with E-state index in [-0.39, 0.29) is 17.7 Å². The summed E-state index contributed by atoms with van der Waals surface area (Å²) < 4.78 is 7.28. The van der Waals surface area contributed by atoms with Crippen molar-refractivity contribution in [1.82, 2.24) is 24.6 Å². The Hall–Kier alpha value is -3.17. The van der Waals surface area contributed by atoms with E-state index in [1.807, 2.05) is 56.3 Å². The number of aryl methyl sites for hydroxylation is 2. The van der Waals surface area contributed by atoms with E-state index in [2.05, 4.69) is 20.2 Å². The summed E-state index contributed by atoms with van der Waals surface area (Å²) in [5.41, 5.74) is 3.54. The Bertz CT molecular complexity index is 1320. The lowest BCUT2D eigenvalue weighted by atomic mass is 10.0. The lowest BCUT2D eigenvalue weighted by Crippen LogP contribution is -2.28. The summed E-state index contributed by atoms with van der Waals surface area (Å²) >= 11 is 7.28. The zero-order chi connectivity index (χ0) is 22.2. The van der Waals surface area contributed by atoms with Gasteiger partial charge in [0.15, 0.2) is 0 Å². The van der Waals surface area contributed by atoms with E-state index in [9.17, 15) is 4.79 Å². The van der Waals surface area contributed by atoms with Gasteiger partial charge in [-0.05, 0) is 49.7 Å². The van der Waals surface area contributed by atoms with Gasteiger partial charge in [-0.25, -0.2) is 14.5 Å². The van der Waals surface area contributed by atoms with Crippen molar-refractivity contribution in [1.29, 1.82) is 0 Å². The molecule has 1 amide bonds. The molecule has 0 aliphatic carbocycles. The second-order valence-electron chi connectivity index (χ2n) is 7.46. The van der Waals surface area contributed by atoms with Gasteiger partial charge in [0.1, 0.15) is 11.8 Å². The standard InChI is InChI=1S/C22H19ClN6O2S/c1-13-10-14(2)28-21(24-13)25-22(27-28)32-12-20(30)29-18(19-4-3-9-31-19)11-17(26-29)15-5-7-16(23)8-6-15/h3-10,18H,11-12H2,1-2H3. The molecule has 3 aromatic heterocycles.